The molecule has 11 heteroatoms. The summed E-state index contributed by atoms with van der Waals surface area (Å²) < 4.78 is 15.7. The molecule has 238 valence electrons. The summed E-state index contributed by atoms with van der Waals surface area (Å²) in [6.45, 7) is 11.4. The number of carbonyl (C=O) groups is 1. The number of rotatable bonds is 7. The molecule has 2 aromatic heterocycles. The Morgan fingerprint density at radius 3 is 2.38 bits per heavy atom. The number of aromatic nitrogens is 2. The van der Waals surface area contributed by atoms with Crippen molar-refractivity contribution in [3.8, 4) is 22.6 Å². The van der Waals surface area contributed by atoms with Crippen LogP contribution in [-0.2, 0) is 11.8 Å². The molecule has 4 aromatic rings. The number of piperidine rings is 1. The van der Waals surface area contributed by atoms with Crippen molar-refractivity contribution in [1.29, 1.82) is 0 Å². The van der Waals surface area contributed by atoms with E-state index < -0.39 is 5.60 Å². The van der Waals surface area contributed by atoms with Gasteiger partial charge in [0.1, 0.15) is 22.6 Å². The van der Waals surface area contributed by atoms with Crippen LogP contribution in [0.2, 0.25) is 0 Å². The van der Waals surface area contributed by atoms with E-state index in [2.05, 4.69) is 57.3 Å². The molecule has 2 aliphatic heterocycles. The number of pyridine rings is 1. The monoisotopic (exact) mass is 758 g/mol. The zero-order valence-electron chi connectivity index (χ0n) is 26.3. The molecule has 2 fully saturated rings. The summed E-state index contributed by atoms with van der Waals surface area (Å²) in [5.41, 5.74) is 3.53. The molecule has 0 bridgehead atoms. The maximum atomic E-state index is 13.1. The fourth-order valence-corrected chi connectivity index (χ4v) is 8.31. The third kappa shape index (κ3) is 6.71. The van der Waals surface area contributed by atoms with Crippen LogP contribution in [0.3, 0.4) is 0 Å². The lowest BCUT2D eigenvalue weighted by Crippen LogP contribution is -2.61. The van der Waals surface area contributed by atoms with Crippen LogP contribution in [0.1, 0.15) is 40.5 Å². The number of halogens is 1. The van der Waals surface area contributed by atoms with Crippen molar-refractivity contribution in [2.75, 3.05) is 36.8 Å². The lowest BCUT2D eigenvalue weighted by Gasteiger charge is -2.55. The van der Waals surface area contributed by atoms with E-state index in [0.717, 1.165) is 77.7 Å². The Bertz CT molecular complexity index is 1760. The van der Waals surface area contributed by atoms with E-state index in [1.807, 2.05) is 66.3 Å². The van der Waals surface area contributed by atoms with Crippen LogP contribution in [-0.4, -0.2) is 57.1 Å². The van der Waals surface area contributed by atoms with Crippen LogP contribution < -0.4 is 15.2 Å². The van der Waals surface area contributed by atoms with Crippen LogP contribution in [0.5, 0.6) is 11.5 Å². The first-order chi connectivity index (χ1) is 21.5. The minimum Gasteiger partial charge on any atom is -0.457 e. The van der Waals surface area contributed by atoms with E-state index in [0.29, 0.717) is 5.52 Å². The number of ether oxygens (including phenoxy) is 2. The first-order valence-electron chi connectivity index (χ1n) is 15.3. The molecular weight excluding hydrogens is 719 g/mol. The Morgan fingerprint density at radius 2 is 1.73 bits per heavy atom. The minimum atomic E-state index is -0.469. The number of benzene rings is 2. The Morgan fingerprint density at radius 1 is 1.02 bits per heavy atom. The van der Waals surface area contributed by atoms with Gasteiger partial charge in [0.2, 0.25) is 0 Å². The number of carbonyl (C=O) groups excluding carboxylic acids is 1. The quantitative estimate of drug-likeness (QED) is 0.138. The van der Waals surface area contributed by atoms with Crippen molar-refractivity contribution in [3.63, 3.8) is 0 Å². The van der Waals surface area contributed by atoms with Crippen molar-refractivity contribution in [1.82, 2.24) is 13.4 Å². The average Bonchev–Trinajstić information content (AvgIpc) is 3.43. The molecule has 0 saturated carbocycles. The second kappa shape index (κ2) is 12.8. The van der Waals surface area contributed by atoms with Crippen LogP contribution in [0.25, 0.3) is 22.0 Å². The molecular formula is C34H39IN4O4S2. The Balaban J connectivity index is 1.18. The zero-order chi connectivity index (χ0) is 31.9. The zero-order valence-corrected chi connectivity index (χ0v) is 30.1. The number of thioether (sulfide) groups is 1. The third-order valence-electron chi connectivity index (χ3n) is 8.57. The number of nitrogens with zero attached hydrogens (tertiary/aromatic N) is 4. The number of aryl methyl sites for hydroxylation is 1. The molecule has 1 amide bonds. The molecule has 0 N–H and O–H groups in total. The summed E-state index contributed by atoms with van der Waals surface area (Å²) in [4.78, 5) is 31.0. The van der Waals surface area contributed by atoms with Crippen LogP contribution >= 0.6 is 42.1 Å². The highest BCUT2D eigenvalue weighted by molar-refractivity contribution is 14.2. The van der Waals surface area contributed by atoms with Crippen LogP contribution in [0, 0.1) is 5.41 Å². The Hall–Kier alpha value is -2.77. The summed E-state index contributed by atoms with van der Waals surface area (Å²) in [5, 5.41) is 0.907. The number of hydrogen-bond acceptors (Lipinski definition) is 7. The van der Waals surface area contributed by atoms with E-state index in [1.165, 1.54) is 14.8 Å². The van der Waals surface area contributed by atoms with Gasteiger partial charge in [-0.25, -0.2) is 4.79 Å². The standard InChI is InChI=1S/C34H39IN4O4S2/c1-6-44-25-11-12-29(27(19-25)28-20-36(5)31(40)30-26(28)13-16-39(30)45-35)42-24-9-7-23(8-10-24)38-21-34(22-38)14-17-37(18-15-34)32(41)43-33(2,3)4/h7-13,16,19-20H,6,14-15,17-18,21-22H2,1-5H3. The van der Waals surface area contributed by atoms with Crippen molar-refractivity contribution >= 4 is 64.8 Å². The lowest BCUT2D eigenvalue weighted by atomic mass is 9.72. The summed E-state index contributed by atoms with van der Waals surface area (Å²) >= 11 is 3.99. The molecule has 0 radical (unpaired) electrons. The van der Waals surface area contributed by atoms with Crippen molar-refractivity contribution < 1.29 is 14.3 Å². The van der Waals surface area contributed by atoms with Gasteiger partial charge in [0.15, 0.2) is 0 Å². The van der Waals surface area contributed by atoms with E-state index in [9.17, 15) is 9.59 Å². The summed E-state index contributed by atoms with van der Waals surface area (Å²) in [5.74, 6) is 2.47. The van der Waals surface area contributed by atoms with Gasteiger partial charge in [-0.05, 0) is 87.9 Å². The van der Waals surface area contributed by atoms with Gasteiger partial charge in [-0.3, -0.25) is 8.77 Å². The normalized spacial score (nSPS) is 16.2. The fourth-order valence-electron chi connectivity index (χ4n) is 6.27. The number of fused-ring (bicyclic) bond motifs is 1. The maximum Gasteiger partial charge on any atom is 0.410 e. The molecule has 4 heterocycles. The topological polar surface area (TPSA) is 68.9 Å². The van der Waals surface area contributed by atoms with E-state index in [1.54, 1.807) is 23.4 Å². The van der Waals surface area contributed by atoms with Crippen molar-refractivity contribution in [2.45, 2.75) is 51.0 Å². The molecule has 2 aromatic carbocycles. The lowest BCUT2D eigenvalue weighted by molar-refractivity contribution is 0.00598. The van der Waals surface area contributed by atoms with Gasteiger partial charge >= 0.3 is 6.09 Å². The van der Waals surface area contributed by atoms with Gasteiger partial charge in [0.05, 0.1) is 0 Å². The number of hydrogen-bond donors (Lipinski definition) is 0. The van der Waals surface area contributed by atoms with Gasteiger partial charge < -0.3 is 23.8 Å². The molecule has 45 heavy (non-hydrogen) atoms. The Kier molecular flexibility index (Phi) is 9.15. The smallest absolute Gasteiger partial charge is 0.410 e. The molecule has 6 rings (SSSR count). The van der Waals surface area contributed by atoms with Gasteiger partial charge in [-0.1, -0.05) is 6.92 Å². The summed E-state index contributed by atoms with van der Waals surface area (Å²) in [6.07, 6.45) is 5.65. The number of amides is 1. The first-order valence-corrected chi connectivity index (χ1v) is 19.6. The molecule has 2 aliphatic rings. The SMILES string of the molecule is CCSc1ccc(Oc2ccc(N3CC4(CCN(C(=O)OC(C)(C)C)CC4)C3)cc2)c(-c2cn(C)c(=O)c3c2ccn3SI)c1. The summed E-state index contributed by atoms with van der Waals surface area (Å²) in [6, 6.07) is 16.6. The molecule has 2 saturated heterocycles. The van der Waals surface area contributed by atoms with E-state index in [4.69, 9.17) is 9.47 Å². The predicted octanol–water partition coefficient (Wildman–Crippen LogP) is 8.59. The Labute approximate surface area is 285 Å². The summed E-state index contributed by atoms with van der Waals surface area (Å²) in [7, 11) is 3.28. The highest BCUT2D eigenvalue weighted by atomic mass is 127. The van der Waals surface area contributed by atoms with Crippen molar-refractivity contribution in [2.24, 2.45) is 12.5 Å². The molecule has 0 atom stereocenters. The second-order valence-corrected chi connectivity index (χ2v) is 16.0. The van der Waals surface area contributed by atoms with Gasteiger partial charge in [0, 0.05) is 108 Å². The molecule has 0 aliphatic carbocycles. The van der Waals surface area contributed by atoms with Crippen LogP contribution in [0.15, 0.2) is 70.6 Å². The number of likely N-dealkylation sites (tertiary alicyclic amines) is 1. The highest BCUT2D eigenvalue weighted by Crippen LogP contribution is 2.44. The van der Waals surface area contributed by atoms with Crippen molar-refractivity contribution in [3.05, 3.63) is 71.3 Å². The second-order valence-electron chi connectivity index (χ2n) is 12.9. The van der Waals surface area contributed by atoms with Crippen LogP contribution in [0.4, 0.5) is 10.5 Å². The highest BCUT2D eigenvalue weighted by Gasteiger charge is 2.46. The third-order valence-corrected chi connectivity index (χ3v) is 11.2. The van der Waals surface area contributed by atoms with E-state index in [-0.39, 0.29) is 17.1 Å². The largest absolute Gasteiger partial charge is 0.457 e. The minimum absolute atomic E-state index is 0.0265. The van der Waals surface area contributed by atoms with Gasteiger partial charge in [0.25, 0.3) is 5.56 Å². The molecule has 8 nitrogen and oxygen atoms in total. The first kappa shape index (κ1) is 32.2. The van der Waals surface area contributed by atoms with Gasteiger partial charge in [-0.15, -0.1) is 11.8 Å². The predicted molar refractivity (Wildman–Crippen MR) is 194 cm³/mol. The van der Waals surface area contributed by atoms with Gasteiger partial charge in [-0.2, -0.15) is 0 Å². The number of anilines is 1. The fraction of sp³-hybridized carbons (Fsp3) is 0.412. The van der Waals surface area contributed by atoms with E-state index >= 15 is 0 Å². The molecule has 1 spiro atoms. The average molecular weight is 759 g/mol. The maximum absolute atomic E-state index is 13.1. The molecule has 0 unspecified atom stereocenters.